The van der Waals surface area contributed by atoms with Crippen molar-refractivity contribution in [3.8, 4) is 0 Å². The van der Waals surface area contributed by atoms with Gasteiger partial charge >= 0.3 is 0 Å². The van der Waals surface area contributed by atoms with Crippen molar-refractivity contribution in [2.75, 3.05) is 19.4 Å². The molecule has 2 rings (SSSR count). The van der Waals surface area contributed by atoms with Crippen molar-refractivity contribution >= 4 is 33.1 Å². The molecule has 0 aliphatic heterocycles. The van der Waals surface area contributed by atoms with E-state index in [1.54, 1.807) is 19.9 Å². The van der Waals surface area contributed by atoms with Crippen LogP contribution in [0.1, 0.15) is 20.3 Å². The van der Waals surface area contributed by atoms with Gasteiger partial charge in [0.1, 0.15) is 5.76 Å². The number of rotatable bonds is 4. The summed E-state index contributed by atoms with van der Waals surface area (Å²) in [5.74, 6) is 0.445. The third-order valence-corrected chi connectivity index (χ3v) is 5.84. The van der Waals surface area contributed by atoms with Gasteiger partial charge in [-0.05, 0) is 19.9 Å². The quantitative estimate of drug-likeness (QED) is 0.924. The van der Waals surface area contributed by atoms with Crippen LogP contribution in [0.15, 0.2) is 21.6 Å². The van der Waals surface area contributed by atoms with Gasteiger partial charge in [0.05, 0.1) is 9.77 Å². The van der Waals surface area contributed by atoms with Crippen LogP contribution in [0, 0.1) is 13.8 Å². The fourth-order valence-corrected chi connectivity index (χ4v) is 3.98. The van der Waals surface area contributed by atoms with E-state index in [-0.39, 0.29) is 4.90 Å². The highest BCUT2D eigenvalue weighted by molar-refractivity contribution is 7.89. The highest BCUT2D eigenvalue weighted by atomic mass is 32.2. The predicted octanol–water partition coefficient (Wildman–Crippen LogP) is 1.86. The maximum absolute atomic E-state index is 12.1. The van der Waals surface area contributed by atoms with E-state index in [1.807, 2.05) is 0 Å². The number of carbonyl (C=O) groups is 1. The average molecular weight is 329 g/mol. The Balaban J connectivity index is 2.28. The Bertz CT molecular complexity index is 774. The van der Waals surface area contributed by atoms with Gasteiger partial charge in [-0.3, -0.25) is 4.79 Å². The van der Waals surface area contributed by atoms with Crippen LogP contribution in [-0.4, -0.2) is 37.9 Å². The minimum absolute atomic E-state index is 0.138. The van der Waals surface area contributed by atoms with E-state index in [4.69, 9.17) is 4.52 Å². The van der Waals surface area contributed by atoms with E-state index in [9.17, 15) is 13.2 Å². The van der Waals surface area contributed by atoms with Gasteiger partial charge in [-0.1, -0.05) is 5.16 Å². The first kappa shape index (κ1) is 15.7. The molecule has 9 heteroatoms. The molecule has 0 aliphatic rings. The molecular weight excluding hydrogens is 314 g/mol. The Hall–Kier alpha value is -1.71. The zero-order valence-electron chi connectivity index (χ0n) is 12.0. The monoisotopic (exact) mass is 329 g/mol. The third-order valence-electron chi connectivity index (χ3n) is 2.72. The third kappa shape index (κ3) is 3.14. The van der Waals surface area contributed by atoms with Gasteiger partial charge in [-0.2, -0.15) is 0 Å². The molecule has 1 amide bonds. The second-order valence-corrected chi connectivity index (χ2v) is 7.97. The standard InChI is InChI=1S/C12H15N3O4S2/c1-7-5-11(14-19-7)13-12(16)9-6-10(8(2)20-9)21(17,18)15(3)4/h5-6H,1-4H3,(H,13,14,16). The summed E-state index contributed by atoms with van der Waals surface area (Å²) in [6.45, 7) is 3.37. The van der Waals surface area contributed by atoms with E-state index in [2.05, 4.69) is 10.5 Å². The molecule has 114 valence electrons. The van der Waals surface area contributed by atoms with Crippen LogP contribution < -0.4 is 5.32 Å². The first-order valence-corrected chi connectivity index (χ1v) is 8.25. The molecule has 0 unspecified atom stereocenters. The SMILES string of the molecule is Cc1cc(NC(=O)c2cc(S(=O)(=O)N(C)C)c(C)s2)no1. The van der Waals surface area contributed by atoms with Crippen LogP contribution in [0.2, 0.25) is 0 Å². The summed E-state index contributed by atoms with van der Waals surface area (Å²) in [6.07, 6.45) is 0. The highest BCUT2D eigenvalue weighted by Gasteiger charge is 2.24. The summed E-state index contributed by atoms with van der Waals surface area (Å²) >= 11 is 1.12. The molecule has 0 radical (unpaired) electrons. The lowest BCUT2D eigenvalue weighted by Crippen LogP contribution is -2.22. The maximum Gasteiger partial charge on any atom is 0.267 e. The molecule has 0 saturated heterocycles. The summed E-state index contributed by atoms with van der Waals surface area (Å²) in [5.41, 5.74) is 0. The highest BCUT2D eigenvalue weighted by Crippen LogP contribution is 2.28. The summed E-state index contributed by atoms with van der Waals surface area (Å²) in [5, 5.41) is 6.22. The lowest BCUT2D eigenvalue weighted by atomic mass is 10.4. The number of nitrogens with one attached hydrogen (secondary N) is 1. The fraction of sp³-hybridized carbons (Fsp3) is 0.333. The Morgan fingerprint density at radius 1 is 1.33 bits per heavy atom. The molecule has 21 heavy (non-hydrogen) atoms. The van der Waals surface area contributed by atoms with Crippen molar-refractivity contribution in [2.24, 2.45) is 0 Å². The molecule has 0 spiro atoms. The van der Waals surface area contributed by atoms with Crippen molar-refractivity contribution in [1.82, 2.24) is 9.46 Å². The summed E-state index contributed by atoms with van der Waals surface area (Å²) in [4.78, 5) is 13.1. The number of carbonyl (C=O) groups excluding carboxylic acids is 1. The van der Waals surface area contributed by atoms with Crippen LogP contribution >= 0.6 is 11.3 Å². The Morgan fingerprint density at radius 3 is 2.52 bits per heavy atom. The number of nitrogens with zero attached hydrogens (tertiary/aromatic N) is 2. The van der Waals surface area contributed by atoms with Crippen LogP contribution in [-0.2, 0) is 10.0 Å². The van der Waals surface area contributed by atoms with Crippen LogP contribution in [0.5, 0.6) is 0 Å². The maximum atomic E-state index is 12.1. The predicted molar refractivity (Wildman–Crippen MR) is 79.1 cm³/mol. The summed E-state index contributed by atoms with van der Waals surface area (Å²) < 4.78 is 30.2. The minimum atomic E-state index is -3.56. The smallest absolute Gasteiger partial charge is 0.267 e. The lowest BCUT2D eigenvalue weighted by molar-refractivity contribution is 0.102. The molecular formula is C12H15N3O4S2. The first-order valence-electron chi connectivity index (χ1n) is 5.99. The molecule has 0 atom stereocenters. The number of aryl methyl sites for hydroxylation is 2. The number of aromatic nitrogens is 1. The Kier molecular flexibility index (Phi) is 4.17. The number of sulfonamides is 1. The molecule has 1 N–H and O–H groups in total. The molecule has 0 aliphatic carbocycles. The van der Waals surface area contributed by atoms with Crippen LogP contribution in [0.25, 0.3) is 0 Å². The van der Waals surface area contributed by atoms with Gasteiger partial charge in [-0.15, -0.1) is 11.3 Å². The van der Waals surface area contributed by atoms with Crippen molar-refractivity contribution in [2.45, 2.75) is 18.7 Å². The van der Waals surface area contributed by atoms with Crippen molar-refractivity contribution in [1.29, 1.82) is 0 Å². The van der Waals surface area contributed by atoms with Gasteiger partial charge in [0.2, 0.25) is 10.0 Å². The van der Waals surface area contributed by atoms with Crippen molar-refractivity contribution in [3.63, 3.8) is 0 Å². The van der Waals surface area contributed by atoms with Gasteiger partial charge < -0.3 is 9.84 Å². The van der Waals surface area contributed by atoms with Crippen molar-refractivity contribution in [3.05, 3.63) is 27.6 Å². The van der Waals surface area contributed by atoms with E-state index < -0.39 is 15.9 Å². The van der Waals surface area contributed by atoms with Crippen LogP contribution in [0.4, 0.5) is 5.82 Å². The first-order chi connectivity index (χ1) is 9.71. The Labute approximate surface area is 126 Å². The largest absolute Gasteiger partial charge is 0.360 e. The molecule has 0 fully saturated rings. The number of hydrogen-bond acceptors (Lipinski definition) is 6. The number of hydrogen-bond donors (Lipinski definition) is 1. The number of thiophene rings is 1. The zero-order valence-corrected chi connectivity index (χ0v) is 13.6. The van der Waals surface area contributed by atoms with E-state index in [0.29, 0.717) is 21.3 Å². The van der Waals surface area contributed by atoms with E-state index in [1.165, 1.54) is 20.2 Å². The van der Waals surface area contributed by atoms with Gasteiger partial charge in [-0.25, -0.2) is 12.7 Å². The average Bonchev–Trinajstić information content (AvgIpc) is 2.95. The fourth-order valence-electron chi connectivity index (χ4n) is 1.63. The molecule has 2 heterocycles. The molecule has 0 saturated carbocycles. The molecule has 0 bridgehead atoms. The number of anilines is 1. The van der Waals surface area contributed by atoms with Crippen LogP contribution in [0.3, 0.4) is 0 Å². The van der Waals surface area contributed by atoms with E-state index in [0.717, 1.165) is 15.6 Å². The minimum Gasteiger partial charge on any atom is -0.360 e. The second-order valence-electron chi connectivity index (χ2n) is 4.60. The lowest BCUT2D eigenvalue weighted by Gasteiger charge is -2.10. The number of amides is 1. The molecule has 7 nitrogen and oxygen atoms in total. The van der Waals surface area contributed by atoms with Crippen molar-refractivity contribution < 1.29 is 17.7 Å². The molecule has 2 aromatic rings. The second kappa shape index (κ2) is 5.58. The van der Waals surface area contributed by atoms with Gasteiger partial charge in [0.25, 0.3) is 5.91 Å². The van der Waals surface area contributed by atoms with Gasteiger partial charge in [0.15, 0.2) is 5.82 Å². The van der Waals surface area contributed by atoms with Gasteiger partial charge in [0, 0.05) is 25.0 Å². The summed E-state index contributed by atoms with van der Waals surface area (Å²) in [7, 11) is -0.662. The van der Waals surface area contributed by atoms with E-state index >= 15 is 0 Å². The normalized spacial score (nSPS) is 11.9. The Morgan fingerprint density at radius 2 is 2.00 bits per heavy atom. The molecule has 0 aromatic carbocycles. The zero-order chi connectivity index (χ0) is 15.8. The molecule has 2 aromatic heterocycles. The topological polar surface area (TPSA) is 92.5 Å². The summed E-state index contributed by atoms with van der Waals surface area (Å²) in [6, 6.07) is 2.95.